The Bertz CT molecular complexity index is 1020. The molecule has 1 aliphatic carbocycles. The van der Waals surface area contributed by atoms with E-state index in [1.807, 2.05) is 0 Å². The third kappa shape index (κ3) is 4.43. The molecule has 154 valence electrons. The average molecular weight is 411 g/mol. The number of rotatable bonds is 8. The number of hydrogen-bond acceptors (Lipinski definition) is 7. The molecule has 1 fully saturated rings. The highest BCUT2D eigenvalue weighted by Crippen LogP contribution is 2.42. The van der Waals surface area contributed by atoms with E-state index in [2.05, 4.69) is 20.4 Å². The molecule has 3 aromatic heterocycles. The van der Waals surface area contributed by atoms with Gasteiger partial charge in [-0.15, -0.1) is 10.2 Å². The Morgan fingerprint density at radius 3 is 2.48 bits per heavy atom. The van der Waals surface area contributed by atoms with Crippen molar-refractivity contribution >= 4 is 5.69 Å². The second-order valence-corrected chi connectivity index (χ2v) is 6.76. The van der Waals surface area contributed by atoms with Gasteiger partial charge in [0.2, 0.25) is 11.8 Å². The minimum atomic E-state index is -4.48. The summed E-state index contributed by atoms with van der Waals surface area (Å²) in [5, 5.41) is 26.0. The summed E-state index contributed by atoms with van der Waals surface area (Å²) in [4.78, 5) is 10.1. The van der Waals surface area contributed by atoms with Crippen LogP contribution in [0, 0.1) is 10.1 Å². The third-order valence-corrected chi connectivity index (χ3v) is 4.53. The van der Waals surface area contributed by atoms with Crippen LogP contribution in [0.5, 0.6) is 0 Å². The van der Waals surface area contributed by atoms with Crippen LogP contribution in [0.1, 0.15) is 41.9 Å². The van der Waals surface area contributed by atoms with Gasteiger partial charge in [-0.2, -0.15) is 23.4 Å². The molecule has 0 spiro atoms. The topological polar surface area (TPSA) is 118 Å². The number of halogens is 3. The van der Waals surface area contributed by atoms with Crippen LogP contribution in [-0.4, -0.2) is 34.7 Å². The molecular formula is C16H16F3N7O3. The molecule has 3 aromatic rings. The van der Waals surface area contributed by atoms with Crippen LogP contribution in [0.4, 0.5) is 18.9 Å². The fourth-order valence-electron chi connectivity index (χ4n) is 2.93. The molecular weight excluding hydrogens is 395 g/mol. The van der Waals surface area contributed by atoms with Crippen LogP contribution in [0.2, 0.25) is 0 Å². The molecule has 29 heavy (non-hydrogen) atoms. The molecule has 0 aromatic carbocycles. The Hall–Kier alpha value is -3.25. The summed E-state index contributed by atoms with van der Waals surface area (Å²) in [6, 6.07) is 1.11. The van der Waals surface area contributed by atoms with Gasteiger partial charge in [0.15, 0.2) is 5.69 Å². The summed E-state index contributed by atoms with van der Waals surface area (Å²) in [5.41, 5.74) is -0.420. The first-order chi connectivity index (χ1) is 13.8. The minimum absolute atomic E-state index is 0.111. The highest BCUT2D eigenvalue weighted by molar-refractivity contribution is 5.21. The van der Waals surface area contributed by atoms with Crippen LogP contribution in [0.15, 0.2) is 22.9 Å². The maximum Gasteiger partial charge on any atom is 0.435 e. The van der Waals surface area contributed by atoms with Crippen LogP contribution in [0.3, 0.4) is 0 Å². The minimum Gasteiger partial charge on any atom is -0.425 e. The van der Waals surface area contributed by atoms with E-state index in [-0.39, 0.29) is 30.5 Å². The average Bonchev–Trinajstić information content (AvgIpc) is 3.09. The van der Waals surface area contributed by atoms with Crippen molar-refractivity contribution in [2.24, 2.45) is 0 Å². The van der Waals surface area contributed by atoms with Gasteiger partial charge in [0.25, 0.3) is 0 Å². The van der Waals surface area contributed by atoms with Gasteiger partial charge in [-0.05, 0) is 18.9 Å². The SMILES string of the molecule is O=[N+]([O-])c1cnn(CCc2nnc(CCn3nc(C(F)(F)F)cc3C3CC3)o2)c1. The molecule has 0 saturated heterocycles. The second-order valence-electron chi connectivity index (χ2n) is 6.76. The van der Waals surface area contributed by atoms with E-state index in [0.29, 0.717) is 24.6 Å². The zero-order chi connectivity index (χ0) is 20.6. The van der Waals surface area contributed by atoms with Crippen molar-refractivity contribution in [3.8, 4) is 0 Å². The predicted octanol–water partition coefficient (Wildman–Crippen LogP) is 2.75. The fourth-order valence-corrected chi connectivity index (χ4v) is 2.93. The Balaban J connectivity index is 1.36. The third-order valence-electron chi connectivity index (χ3n) is 4.53. The van der Waals surface area contributed by atoms with E-state index < -0.39 is 16.8 Å². The zero-order valence-corrected chi connectivity index (χ0v) is 15.0. The first kappa shape index (κ1) is 19.1. The number of nitrogens with zero attached hydrogens (tertiary/aromatic N) is 7. The van der Waals surface area contributed by atoms with Crippen molar-refractivity contribution in [1.82, 2.24) is 29.8 Å². The summed E-state index contributed by atoms with van der Waals surface area (Å²) in [6.07, 6.45) is 0.257. The molecule has 0 unspecified atom stereocenters. The summed E-state index contributed by atoms with van der Waals surface area (Å²) in [6.45, 7) is 0.518. The van der Waals surface area contributed by atoms with E-state index in [1.54, 1.807) is 0 Å². The van der Waals surface area contributed by atoms with Gasteiger partial charge in [0.1, 0.15) is 12.4 Å². The first-order valence-corrected chi connectivity index (χ1v) is 8.92. The van der Waals surface area contributed by atoms with Gasteiger partial charge < -0.3 is 4.42 Å². The lowest BCUT2D eigenvalue weighted by molar-refractivity contribution is -0.385. The summed E-state index contributed by atoms with van der Waals surface area (Å²) >= 11 is 0. The lowest BCUT2D eigenvalue weighted by Gasteiger charge is -2.04. The van der Waals surface area contributed by atoms with E-state index >= 15 is 0 Å². The molecule has 0 aliphatic heterocycles. The number of nitro groups is 1. The fraction of sp³-hybridized carbons (Fsp3) is 0.500. The number of aromatic nitrogens is 6. The van der Waals surface area contributed by atoms with Gasteiger partial charge in [-0.1, -0.05) is 0 Å². The summed E-state index contributed by atoms with van der Waals surface area (Å²) < 4.78 is 47.1. The molecule has 3 heterocycles. The Kier molecular flexibility index (Phi) is 4.80. The molecule has 0 N–H and O–H groups in total. The molecule has 0 atom stereocenters. The van der Waals surface area contributed by atoms with Gasteiger partial charge >= 0.3 is 11.9 Å². The van der Waals surface area contributed by atoms with Gasteiger partial charge in [0, 0.05) is 37.5 Å². The molecule has 0 radical (unpaired) electrons. The molecule has 0 bridgehead atoms. The van der Waals surface area contributed by atoms with Crippen molar-refractivity contribution in [2.75, 3.05) is 0 Å². The lowest BCUT2D eigenvalue weighted by atomic mass is 10.2. The van der Waals surface area contributed by atoms with E-state index in [1.165, 1.54) is 15.6 Å². The van der Waals surface area contributed by atoms with E-state index in [9.17, 15) is 23.3 Å². The highest BCUT2D eigenvalue weighted by atomic mass is 19.4. The van der Waals surface area contributed by atoms with Crippen LogP contribution >= 0.6 is 0 Å². The molecule has 0 amide bonds. The zero-order valence-electron chi connectivity index (χ0n) is 15.0. The molecule has 1 aliphatic rings. The Morgan fingerprint density at radius 1 is 1.21 bits per heavy atom. The highest BCUT2D eigenvalue weighted by Gasteiger charge is 2.37. The van der Waals surface area contributed by atoms with Crippen LogP contribution in [-0.2, 0) is 32.1 Å². The smallest absolute Gasteiger partial charge is 0.425 e. The standard InChI is InChI=1S/C16H16F3N7O3/c17-16(18,19)13-7-12(10-1-2-10)25(23-13)6-4-15-22-21-14(29-15)3-5-24-9-11(8-20-24)26(27)28/h7-10H,1-6H2. The molecule has 4 rings (SSSR count). The normalized spacial score (nSPS) is 14.4. The quantitative estimate of drug-likeness (QED) is 0.413. The van der Waals surface area contributed by atoms with Gasteiger partial charge in [0.05, 0.1) is 4.92 Å². The number of alkyl halides is 3. The Labute approximate surface area is 161 Å². The van der Waals surface area contributed by atoms with Crippen LogP contribution in [0.25, 0.3) is 0 Å². The predicted molar refractivity (Wildman–Crippen MR) is 89.8 cm³/mol. The summed E-state index contributed by atoms with van der Waals surface area (Å²) in [7, 11) is 0. The van der Waals surface area contributed by atoms with Crippen molar-refractivity contribution in [3.63, 3.8) is 0 Å². The monoisotopic (exact) mass is 411 g/mol. The van der Waals surface area contributed by atoms with Crippen molar-refractivity contribution in [2.45, 2.75) is 50.9 Å². The number of hydrogen-bond donors (Lipinski definition) is 0. The molecule has 13 heteroatoms. The second kappa shape index (κ2) is 7.29. The maximum atomic E-state index is 12.9. The van der Waals surface area contributed by atoms with Crippen molar-refractivity contribution in [3.05, 3.63) is 51.7 Å². The largest absolute Gasteiger partial charge is 0.435 e. The maximum absolute atomic E-state index is 12.9. The Morgan fingerprint density at radius 2 is 1.90 bits per heavy atom. The number of aryl methyl sites for hydroxylation is 4. The lowest BCUT2D eigenvalue weighted by Crippen LogP contribution is -2.10. The van der Waals surface area contributed by atoms with E-state index in [0.717, 1.165) is 25.1 Å². The van der Waals surface area contributed by atoms with Gasteiger partial charge in [-0.3, -0.25) is 19.5 Å². The van der Waals surface area contributed by atoms with Crippen molar-refractivity contribution in [1.29, 1.82) is 0 Å². The van der Waals surface area contributed by atoms with Crippen molar-refractivity contribution < 1.29 is 22.5 Å². The van der Waals surface area contributed by atoms with E-state index in [4.69, 9.17) is 4.42 Å². The van der Waals surface area contributed by atoms with Gasteiger partial charge in [-0.25, -0.2) is 0 Å². The first-order valence-electron chi connectivity index (χ1n) is 8.92. The van der Waals surface area contributed by atoms with Crippen LogP contribution < -0.4 is 0 Å². The summed E-state index contributed by atoms with van der Waals surface area (Å²) in [5.74, 6) is 0.726. The molecule has 10 nitrogen and oxygen atoms in total. The molecule has 1 saturated carbocycles.